The third-order valence-corrected chi connectivity index (χ3v) is 5.98. The van der Waals surface area contributed by atoms with Gasteiger partial charge in [0, 0.05) is 47.9 Å². The molecule has 0 atom stereocenters. The molecule has 1 saturated heterocycles. The molecule has 0 spiro atoms. The number of nitrogens with zero attached hydrogens (tertiary/aromatic N) is 2. The quantitative estimate of drug-likeness (QED) is 0.422. The summed E-state index contributed by atoms with van der Waals surface area (Å²) in [6, 6.07) is 14.1. The number of benzene rings is 2. The maximum atomic E-state index is 12.3. The maximum absolute atomic E-state index is 12.3. The van der Waals surface area contributed by atoms with E-state index in [0.717, 1.165) is 44.0 Å². The minimum atomic E-state index is -0.408. The van der Waals surface area contributed by atoms with Gasteiger partial charge in [-0.25, -0.2) is 4.79 Å². The van der Waals surface area contributed by atoms with Gasteiger partial charge in [-0.15, -0.1) is 0 Å². The molecule has 2 N–H and O–H groups in total. The summed E-state index contributed by atoms with van der Waals surface area (Å²) < 4.78 is 16.5. The van der Waals surface area contributed by atoms with Gasteiger partial charge < -0.3 is 19.3 Å². The van der Waals surface area contributed by atoms with Gasteiger partial charge in [0.05, 0.1) is 18.2 Å². The van der Waals surface area contributed by atoms with Gasteiger partial charge in [0.25, 0.3) is 0 Å². The van der Waals surface area contributed by atoms with E-state index in [2.05, 4.69) is 32.5 Å². The normalized spacial score (nSPS) is 13.9. The first kappa shape index (κ1) is 26.6. The molecular weight excluding hydrogens is 492 g/mol. The fourth-order valence-corrected chi connectivity index (χ4v) is 3.79. The van der Waals surface area contributed by atoms with Crippen LogP contribution in [0.5, 0.6) is 5.75 Å². The van der Waals surface area contributed by atoms with E-state index in [1.54, 1.807) is 24.3 Å². The van der Waals surface area contributed by atoms with Gasteiger partial charge in [-0.05, 0) is 42.5 Å². The Morgan fingerprint density at radius 2 is 1.76 bits per heavy atom. The molecule has 1 fully saturated rings. The number of nitrogens with one attached hydrogen (secondary N) is 2. The predicted molar refractivity (Wildman–Crippen MR) is 144 cm³/mol. The number of aromatic nitrogens is 1. The number of rotatable bonds is 6. The van der Waals surface area contributed by atoms with Crippen LogP contribution in [0.2, 0.25) is 5.02 Å². The topological polar surface area (TPSA) is 88.9 Å². The van der Waals surface area contributed by atoms with Crippen LogP contribution < -0.4 is 15.4 Å². The Balaban J connectivity index is 1.27. The van der Waals surface area contributed by atoms with Gasteiger partial charge in [0.15, 0.2) is 5.82 Å². The largest absolute Gasteiger partial charge is 0.491 e. The van der Waals surface area contributed by atoms with Crippen LogP contribution in [0.3, 0.4) is 0 Å². The molecule has 8 nitrogen and oxygen atoms in total. The van der Waals surface area contributed by atoms with Crippen LogP contribution in [0.1, 0.15) is 37.7 Å². The fourth-order valence-electron chi connectivity index (χ4n) is 3.55. The molecule has 0 saturated carbocycles. The Bertz CT molecular complexity index is 1270. The third kappa shape index (κ3) is 7.99. The molecule has 0 aliphatic carbocycles. The molecule has 37 heavy (non-hydrogen) atoms. The maximum Gasteiger partial charge on any atom is 0.324 e. The van der Waals surface area contributed by atoms with E-state index in [1.165, 1.54) is 0 Å². The lowest BCUT2D eigenvalue weighted by atomic mass is 9.93. The summed E-state index contributed by atoms with van der Waals surface area (Å²) in [5.74, 6) is 7.92. The van der Waals surface area contributed by atoms with Crippen molar-refractivity contribution in [2.45, 2.75) is 26.2 Å². The van der Waals surface area contributed by atoms with E-state index in [9.17, 15) is 4.79 Å². The average Bonchev–Trinajstić information content (AvgIpc) is 3.34. The Hall–Kier alpha value is -3.51. The summed E-state index contributed by atoms with van der Waals surface area (Å²) in [7, 11) is 0. The fraction of sp³-hybridized carbons (Fsp3) is 0.357. The number of hydrogen-bond acceptors (Lipinski definition) is 6. The van der Waals surface area contributed by atoms with Crippen molar-refractivity contribution < 1.29 is 18.8 Å². The van der Waals surface area contributed by atoms with Crippen LogP contribution in [0.4, 0.5) is 16.3 Å². The van der Waals surface area contributed by atoms with E-state index in [4.69, 9.17) is 25.6 Å². The summed E-state index contributed by atoms with van der Waals surface area (Å²) in [6.45, 7) is 10.8. The zero-order chi connectivity index (χ0) is 26.3. The van der Waals surface area contributed by atoms with Gasteiger partial charge in [0.1, 0.15) is 18.1 Å². The van der Waals surface area contributed by atoms with Crippen molar-refractivity contribution in [2.75, 3.05) is 50.1 Å². The van der Waals surface area contributed by atoms with Crippen molar-refractivity contribution in [3.05, 3.63) is 70.4 Å². The molecule has 1 aliphatic heterocycles. The van der Waals surface area contributed by atoms with Crippen molar-refractivity contribution >= 4 is 29.1 Å². The highest BCUT2D eigenvalue weighted by Crippen LogP contribution is 2.26. The van der Waals surface area contributed by atoms with Crippen molar-refractivity contribution in [2.24, 2.45) is 0 Å². The molecule has 0 bridgehead atoms. The van der Waals surface area contributed by atoms with Crippen LogP contribution in [-0.2, 0) is 10.2 Å². The van der Waals surface area contributed by atoms with Crippen molar-refractivity contribution in [3.8, 4) is 17.6 Å². The Morgan fingerprint density at radius 3 is 2.43 bits per heavy atom. The highest BCUT2D eigenvalue weighted by molar-refractivity contribution is 6.32. The number of hydrogen-bond donors (Lipinski definition) is 2. The van der Waals surface area contributed by atoms with Crippen LogP contribution in [0, 0.1) is 11.8 Å². The van der Waals surface area contributed by atoms with E-state index >= 15 is 0 Å². The highest BCUT2D eigenvalue weighted by atomic mass is 35.5. The number of carbonyl (C=O) groups is 1. The van der Waals surface area contributed by atoms with Crippen molar-refractivity contribution in [1.82, 2.24) is 10.1 Å². The number of urea groups is 1. The van der Waals surface area contributed by atoms with Crippen molar-refractivity contribution in [1.29, 1.82) is 0 Å². The first-order valence-electron chi connectivity index (χ1n) is 12.2. The van der Waals surface area contributed by atoms with E-state index in [-0.39, 0.29) is 5.41 Å². The second-order valence-corrected chi connectivity index (χ2v) is 10.1. The number of anilines is 2. The molecule has 0 unspecified atom stereocenters. The number of ether oxygens (including phenoxy) is 2. The summed E-state index contributed by atoms with van der Waals surface area (Å²) in [6.07, 6.45) is 0. The molecule has 0 radical (unpaired) electrons. The zero-order valence-electron chi connectivity index (χ0n) is 21.3. The zero-order valence-corrected chi connectivity index (χ0v) is 22.0. The van der Waals surface area contributed by atoms with Gasteiger partial charge in [-0.3, -0.25) is 10.2 Å². The molecule has 2 amide bonds. The van der Waals surface area contributed by atoms with Gasteiger partial charge in [-0.2, -0.15) is 0 Å². The van der Waals surface area contributed by atoms with Crippen LogP contribution >= 0.6 is 11.6 Å². The van der Waals surface area contributed by atoms with Crippen LogP contribution in [0.15, 0.2) is 53.1 Å². The van der Waals surface area contributed by atoms with Crippen molar-refractivity contribution in [3.63, 3.8) is 0 Å². The Kier molecular flexibility index (Phi) is 8.72. The Morgan fingerprint density at radius 1 is 1.05 bits per heavy atom. The molecule has 9 heteroatoms. The SMILES string of the molecule is CC(C)(C)c1cc(NC(=O)Nc2ccc(C#Cc3ccc(OCCN4CCOCC4)c(Cl)c3)cc2)no1. The number of carbonyl (C=O) groups excluding carboxylic acids is 1. The molecule has 3 aromatic rings. The summed E-state index contributed by atoms with van der Waals surface area (Å²) in [4.78, 5) is 14.6. The average molecular weight is 523 g/mol. The molecular formula is C28H31ClN4O4. The summed E-state index contributed by atoms with van der Waals surface area (Å²) in [5.41, 5.74) is 2.03. The molecule has 194 valence electrons. The standard InChI is InChI=1S/C28H31ClN4O4/c1-28(2,3)25-19-26(32-37-25)31-27(34)30-22-9-6-20(7-10-22)4-5-21-8-11-24(23(29)18-21)36-17-14-33-12-15-35-16-13-33/h6-11,18-19H,12-17H2,1-3H3,(H2,30,31,32,34). The highest BCUT2D eigenvalue weighted by Gasteiger charge is 2.20. The second kappa shape index (κ2) is 12.2. The van der Waals surface area contributed by atoms with Crippen LogP contribution in [-0.4, -0.2) is 55.5 Å². The molecule has 2 aromatic carbocycles. The second-order valence-electron chi connectivity index (χ2n) is 9.68. The number of halogens is 1. The summed E-state index contributed by atoms with van der Waals surface area (Å²) >= 11 is 6.40. The Labute approximate surface area is 222 Å². The molecule has 1 aromatic heterocycles. The van der Waals surface area contributed by atoms with Gasteiger partial charge >= 0.3 is 6.03 Å². The minimum Gasteiger partial charge on any atom is -0.491 e. The van der Waals surface area contributed by atoms with E-state index in [1.807, 2.05) is 45.0 Å². The van der Waals surface area contributed by atoms with E-state index < -0.39 is 6.03 Å². The summed E-state index contributed by atoms with van der Waals surface area (Å²) in [5, 5.41) is 9.86. The molecule has 1 aliphatic rings. The minimum absolute atomic E-state index is 0.190. The predicted octanol–water partition coefficient (Wildman–Crippen LogP) is 5.38. The molecule has 2 heterocycles. The van der Waals surface area contributed by atoms with Crippen LogP contribution in [0.25, 0.3) is 0 Å². The van der Waals surface area contributed by atoms with Gasteiger partial charge in [0.2, 0.25) is 0 Å². The first-order valence-corrected chi connectivity index (χ1v) is 12.5. The molecule has 4 rings (SSSR count). The number of morpholine rings is 1. The third-order valence-electron chi connectivity index (χ3n) is 5.69. The lowest BCUT2D eigenvalue weighted by Crippen LogP contribution is -2.38. The lowest BCUT2D eigenvalue weighted by Gasteiger charge is -2.26. The smallest absolute Gasteiger partial charge is 0.324 e. The monoisotopic (exact) mass is 522 g/mol. The van der Waals surface area contributed by atoms with Gasteiger partial charge in [-0.1, -0.05) is 49.4 Å². The first-order chi connectivity index (χ1) is 17.8. The lowest BCUT2D eigenvalue weighted by molar-refractivity contribution is 0.0322. The van der Waals surface area contributed by atoms with E-state index in [0.29, 0.717) is 34.6 Å². The number of amides is 2.